The van der Waals surface area contributed by atoms with Crippen LogP contribution in [0.15, 0.2) is 0 Å². The molecule has 3 aliphatic rings. The third-order valence-electron chi connectivity index (χ3n) is 6.67. The summed E-state index contributed by atoms with van der Waals surface area (Å²) in [4.78, 5) is 27.7. The van der Waals surface area contributed by atoms with E-state index in [1.54, 1.807) is 0 Å². The smallest absolute Gasteiger partial charge is 0.317 e. The molecule has 0 bridgehead atoms. The normalized spacial score (nSPS) is 29.6. The molecule has 1 atom stereocenters. The van der Waals surface area contributed by atoms with E-state index >= 15 is 0 Å². The summed E-state index contributed by atoms with van der Waals surface area (Å²) >= 11 is 0. The molecule has 6 nitrogen and oxygen atoms in total. The molecule has 0 spiro atoms. The van der Waals surface area contributed by atoms with Crippen LogP contribution in [0.3, 0.4) is 0 Å². The van der Waals surface area contributed by atoms with Crippen LogP contribution >= 0.6 is 0 Å². The summed E-state index contributed by atoms with van der Waals surface area (Å²) in [5.74, 6) is 0.0336. The Morgan fingerprint density at radius 1 is 1.12 bits per heavy atom. The molecule has 0 radical (unpaired) electrons. The minimum absolute atomic E-state index is 0.0947. The molecule has 2 saturated carbocycles. The van der Waals surface area contributed by atoms with Gasteiger partial charge in [0, 0.05) is 24.7 Å². The lowest BCUT2D eigenvalue weighted by Gasteiger charge is -2.43. The largest absolute Gasteiger partial charge is 0.480 e. The van der Waals surface area contributed by atoms with Crippen LogP contribution in [0.5, 0.6) is 0 Å². The monoisotopic (exact) mass is 365 g/mol. The van der Waals surface area contributed by atoms with E-state index in [2.05, 4.69) is 10.2 Å². The first kappa shape index (κ1) is 19.5. The third-order valence-corrected chi connectivity index (χ3v) is 6.67. The fourth-order valence-corrected chi connectivity index (χ4v) is 5.09. The van der Waals surface area contributed by atoms with Gasteiger partial charge in [0.25, 0.3) is 0 Å². The van der Waals surface area contributed by atoms with Gasteiger partial charge in [0.2, 0.25) is 0 Å². The maximum absolute atomic E-state index is 12.7. The first-order valence-electron chi connectivity index (χ1n) is 10.6. The van der Waals surface area contributed by atoms with Gasteiger partial charge in [-0.05, 0) is 44.6 Å². The van der Waals surface area contributed by atoms with E-state index in [1.807, 2.05) is 11.8 Å². The number of amides is 2. The van der Waals surface area contributed by atoms with Crippen molar-refractivity contribution in [2.75, 3.05) is 19.6 Å². The molecule has 1 heterocycles. The van der Waals surface area contributed by atoms with Gasteiger partial charge in [-0.3, -0.25) is 9.69 Å². The van der Waals surface area contributed by atoms with Gasteiger partial charge >= 0.3 is 12.0 Å². The molecule has 0 aromatic heterocycles. The minimum Gasteiger partial charge on any atom is -0.480 e. The number of hydrogen-bond acceptors (Lipinski definition) is 3. The second-order valence-corrected chi connectivity index (χ2v) is 8.46. The summed E-state index contributed by atoms with van der Waals surface area (Å²) < 4.78 is 0. The van der Waals surface area contributed by atoms with Gasteiger partial charge in [-0.1, -0.05) is 39.0 Å². The number of hydrogen-bond donors (Lipinski definition) is 2. The molecule has 1 unspecified atom stereocenters. The van der Waals surface area contributed by atoms with Gasteiger partial charge < -0.3 is 15.3 Å². The van der Waals surface area contributed by atoms with E-state index in [1.165, 1.54) is 38.5 Å². The highest BCUT2D eigenvalue weighted by atomic mass is 16.4. The third kappa shape index (κ3) is 4.90. The molecule has 2 amide bonds. The van der Waals surface area contributed by atoms with Crippen molar-refractivity contribution in [3.63, 3.8) is 0 Å². The molecule has 26 heavy (non-hydrogen) atoms. The Morgan fingerprint density at radius 2 is 1.85 bits per heavy atom. The summed E-state index contributed by atoms with van der Waals surface area (Å²) in [7, 11) is 0. The Morgan fingerprint density at radius 3 is 2.50 bits per heavy atom. The number of nitrogens with zero attached hydrogens (tertiary/aromatic N) is 2. The van der Waals surface area contributed by atoms with Gasteiger partial charge in [0.05, 0.1) is 6.54 Å². The van der Waals surface area contributed by atoms with Gasteiger partial charge in [0.15, 0.2) is 0 Å². The van der Waals surface area contributed by atoms with Crippen LogP contribution < -0.4 is 5.32 Å². The molecule has 2 N–H and O–H groups in total. The van der Waals surface area contributed by atoms with Crippen LogP contribution in [-0.2, 0) is 4.79 Å². The topological polar surface area (TPSA) is 72.9 Å². The molecule has 1 saturated heterocycles. The van der Waals surface area contributed by atoms with Gasteiger partial charge in [-0.2, -0.15) is 0 Å². The number of nitrogens with one attached hydrogen (secondary N) is 1. The maximum atomic E-state index is 12.7. The Bertz CT molecular complexity index is 487. The van der Waals surface area contributed by atoms with Crippen molar-refractivity contribution in [1.82, 2.24) is 15.1 Å². The Labute approximate surface area is 157 Å². The summed E-state index contributed by atoms with van der Waals surface area (Å²) in [6.07, 6.45) is 12.0. The second-order valence-electron chi connectivity index (χ2n) is 8.46. The van der Waals surface area contributed by atoms with Crippen LogP contribution in [0, 0.1) is 5.92 Å². The summed E-state index contributed by atoms with van der Waals surface area (Å²) in [6, 6.07) is 1.02. The number of carbonyl (C=O) groups excluding carboxylic acids is 1. The lowest BCUT2D eigenvalue weighted by Crippen LogP contribution is -2.57. The standard InChI is InChI=1S/C20H35N3O3/c1-2-22(14-19(24)25)18-12-16(13-18)21-20(26)23-10-6-9-17(23)11-15-7-4-3-5-8-15/h15-18H,2-14H2,1H3,(H,21,26)(H,24,25). The van der Waals surface area contributed by atoms with E-state index in [9.17, 15) is 9.59 Å². The number of likely N-dealkylation sites (tertiary alicyclic amines) is 1. The highest BCUT2D eigenvalue weighted by Gasteiger charge is 2.37. The van der Waals surface area contributed by atoms with Crippen molar-refractivity contribution < 1.29 is 14.7 Å². The highest BCUT2D eigenvalue weighted by molar-refractivity contribution is 5.75. The SMILES string of the molecule is CCN(CC(=O)O)C1CC(NC(=O)N2CCCC2CC2CCCCC2)C1. The van der Waals surface area contributed by atoms with E-state index in [0.717, 1.165) is 44.7 Å². The zero-order valence-corrected chi connectivity index (χ0v) is 16.2. The predicted molar refractivity (Wildman–Crippen MR) is 101 cm³/mol. The van der Waals surface area contributed by atoms with Crippen molar-refractivity contribution in [3.8, 4) is 0 Å². The lowest BCUT2D eigenvalue weighted by atomic mass is 9.84. The zero-order valence-electron chi connectivity index (χ0n) is 16.2. The van der Waals surface area contributed by atoms with Gasteiger partial charge in [0.1, 0.15) is 0 Å². The lowest BCUT2D eigenvalue weighted by molar-refractivity contribution is -0.139. The number of rotatable bonds is 7. The van der Waals surface area contributed by atoms with Crippen molar-refractivity contribution in [2.24, 2.45) is 5.92 Å². The summed E-state index contributed by atoms with van der Waals surface area (Å²) in [5.41, 5.74) is 0. The number of aliphatic carboxylic acids is 1. The molecule has 2 aliphatic carbocycles. The van der Waals surface area contributed by atoms with E-state index in [4.69, 9.17) is 5.11 Å². The predicted octanol–water partition coefficient (Wildman–Crippen LogP) is 3.07. The molecule has 0 aromatic rings. The van der Waals surface area contributed by atoms with Crippen molar-refractivity contribution in [3.05, 3.63) is 0 Å². The molecule has 3 rings (SSSR count). The number of carboxylic acids is 1. The van der Waals surface area contributed by atoms with Crippen molar-refractivity contribution in [1.29, 1.82) is 0 Å². The average Bonchev–Trinajstić information content (AvgIpc) is 3.04. The number of carbonyl (C=O) groups is 2. The minimum atomic E-state index is -0.776. The maximum Gasteiger partial charge on any atom is 0.317 e. The van der Waals surface area contributed by atoms with Crippen LogP contribution in [0.2, 0.25) is 0 Å². The number of carboxylic acid groups (broad SMARTS) is 1. The molecule has 1 aliphatic heterocycles. The summed E-state index contributed by atoms with van der Waals surface area (Å²) in [6.45, 7) is 3.72. The van der Waals surface area contributed by atoms with Crippen LogP contribution in [0.4, 0.5) is 4.79 Å². The molecule has 6 heteroatoms. The second kappa shape index (κ2) is 9.07. The Kier molecular flexibility index (Phi) is 6.79. The summed E-state index contributed by atoms with van der Waals surface area (Å²) in [5, 5.41) is 12.2. The van der Waals surface area contributed by atoms with E-state index in [0.29, 0.717) is 6.04 Å². The van der Waals surface area contributed by atoms with E-state index in [-0.39, 0.29) is 24.7 Å². The first-order valence-corrected chi connectivity index (χ1v) is 10.6. The highest BCUT2D eigenvalue weighted by Crippen LogP contribution is 2.32. The van der Waals surface area contributed by atoms with Crippen molar-refractivity contribution in [2.45, 2.75) is 89.3 Å². The van der Waals surface area contributed by atoms with Gasteiger partial charge in [-0.15, -0.1) is 0 Å². The van der Waals surface area contributed by atoms with Crippen molar-refractivity contribution >= 4 is 12.0 Å². The fraction of sp³-hybridized carbons (Fsp3) is 0.900. The van der Waals surface area contributed by atoms with E-state index < -0.39 is 5.97 Å². The van der Waals surface area contributed by atoms with Crippen LogP contribution in [0.25, 0.3) is 0 Å². The average molecular weight is 366 g/mol. The zero-order chi connectivity index (χ0) is 18.5. The Hall–Kier alpha value is -1.30. The van der Waals surface area contributed by atoms with Crippen LogP contribution in [-0.4, -0.2) is 64.7 Å². The quantitative estimate of drug-likeness (QED) is 0.727. The van der Waals surface area contributed by atoms with Gasteiger partial charge in [-0.25, -0.2) is 4.79 Å². The molecule has 0 aromatic carbocycles. The molecule has 3 fully saturated rings. The fourth-order valence-electron chi connectivity index (χ4n) is 5.09. The number of urea groups is 1. The molecule has 148 valence electrons. The number of likely N-dealkylation sites (N-methyl/N-ethyl adjacent to an activating group) is 1. The molecular weight excluding hydrogens is 330 g/mol. The first-order chi connectivity index (χ1) is 12.6. The van der Waals surface area contributed by atoms with Crippen LogP contribution in [0.1, 0.15) is 71.1 Å². The molecular formula is C20H35N3O3. The Balaban J connectivity index is 1.42.